The molecule has 16 heavy (non-hydrogen) atoms. The molecule has 3 nitrogen and oxygen atoms in total. The van der Waals surface area contributed by atoms with Crippen molar-refractivity contribution in [2.24, 2.45) is 0 Å². The molecule has 0 aliphatic rings. The predicted molar refractivity (Wildman–Crippen MR) is 78.6 cm³/mol. The number of hydrogen-bond donors (Lipinski definition) is 0. The molecular formula is C9H7Br4N3. The predicted octanol–water partition coefficient (Wildman–Crippen LogP) is 4.89. The van der Waals surface area contributed by atoms with E-state index in [2.05, 4.69) is 80.8 Å². The molecule has 0 atom stereocenters. The smallest absolute Gasteiger partial charge is 0.129 e. The molecule has 0 saturated heterocycles. The van der Waals surface area contributed by atoms with Crippen molar-refractivity contribution in [1.29, 1.82) is 0 Å². The normalized spacial score (nSPS) is 11.3. The summed E-state index contributed by atoms with van der Waals surface area (Å²) in [4.78, 5) is 1.72. The molecule has 2 aromatic rings. The lowest BCUT2D eigenvalue weighted by atomic mass is 10.3. The van der Waals surface area contributed by atoms with Crippen molar-refractivity contribution >= 4 is 74.8 Å². The van der Waals surface area contributed by atoms with Gasteiger partial charge in [0.25, 0.3) is 0 Å². The minimum Gasteiger partial charge on any atom is -0.184 e. The van der Waals surface area contributed by atoms with E-state index in [4.69, 9.17) is 0 Å². The highest BCUT2D eigenvalue weighted by Crippen LogP contribution is 2.41. The van der Waals surface area contributed by atoms with Gasteiger partial charge < -0.3 is 0 Å². The van der Waals surface area contributed by atoms with Crippen LogP contribution in [0.3, 0.4) is 0 Å². The maximum Gasteiger partial charge on any atom is 0.129 e. The second-order valence-electron chi connectivity index (χ2n) is 3.25. The highest BCUT2D eigenvalue weighted by Gasteiger charge is 2.17. The fourth-order valence-corrected chi connectivity index (χ4v) is 3.58. The van der Waals surface area contributed by atoms with E-state index in [1.807, 2.05) is 0 Å². The van der Waals surface area contributed by atoms with Crippen molar-refractivity contribution in [3.05, 3.63) is 17.9 Å². The second-order valence-corrected chi connectivity index (χ2v) is 6.42. The first-order valence-electron chi connectivity index (χ1n) is 4.63. The zero-order valence-electron chi connectivity index (χ0n) is 8.27. The minimum absolute atomic E-state index is 0.822. The standard InChI is InChI=1S/C9H7Br4N3/c1-2-3-16-14-8-6(12)4(10)5(11)7(13)9(8)15-16/h2-3H2,1H3. The lowest BCUT2D eigenvalue weighted by Gasteiger charge is -2.02. The molecular weight excluding hydrogens is 470 g/mol. The lowest BCUT2D eigenvalue weighted by Crippen LogP contribution is -2.00. The van der Waals surface area contributed by atoms with Crippen LogP contribution in [0.15, 0.2) is 17.9 Å². The summed E-state index contributed by atoms with van der Waals surface area (Å²) in [5, 5.41) is 8.89. The molecule has 0 aliphatic heterocycles. The zero-order chi connectivity index (χ0) is 11.9. The van der Waals surface area contributed by atoms with Crippen LogP contribution in [-0.4, -0.2) is 15.0 Å². The number of hydrogen-bond acceptors (Lipinski definition) is 2. The van der Waals surface area contributed by atoms with Gasteiger partial charge in [0.1, 0.15) is 11.0 Å². The number of aryl methyl sites for hydroxylation is 1. The van der Waals surface area contributed by atoms with Gasteiger partial charge in [-0.3, -0.25) is 0 Å². The van der Waals surface area contributed by atoms with Crippen LogP contribution in [0.2, 0.25) is 0 Å². The Morgan fingerprint density at radius 3 is 1.69 bits per heavy atom. The van der Waals surface area contributed by atoms with E-state index in [-0.39, 0.29) is 0 Å². The summed E-state index contributed by atoms with van der Waals surface area (Å²) in [6.45, 7) is 2.92. The van der Waals surface area contributed by atoms with Gasteiger partial charge in [-0.2, -0.15) is 15.0 Å². The molecule has 0 unspecified atom stereocenters. The highest BCUT2D eigenvalue weighted by molar-refractivity contribution is 9.15. The van der Waals surface area contributed by atoms with Gasteiger partial charge in [0.05, 0.1) is 15.5 Å². The molecule has 0 N–H and O–H groups in total. The van der Waals surface area contributed by atoms with Crippen LogP contribution >= 0.6 is 63.7 Å². The SMILES string of the molecule is CCCn1nc2c(Br)c(Br)c(Br)c(Br)c2n1. The first-order chi connectivity index (χ1) is 7.56. The number of nitrogens with zero attached hydrogens (tertiary/aromatic N) is 3. The minimum atomic E-state index is 0.822. The number of aromatic nitrogens is 3. The third kappa shape index (κ3) is 2.11. The van der Waals surface area contributed by atoms with Crippen molar-refractivity contribution in [2.75, 3.05) is 0 Å². The summed E-state index contributed by atoms with van der Waals surface area (Å²) in [5.74, 6) is 0. The number of benzene rings is 1. The molecule has 0 saturated carbocycles. The van der Waals surface area contributed by atoms with Crippen LogP contribution in [0, 0.1) is 0 Å². The van der Waals surface area contributed by atoms with Gasteiger partial charge in [-0.05, 0) is 70.1 Å². The quantitative estimate of drug-likeness (QED) is 0.456. The van der Waals surface area contributed by atoms with Gasteiger partial charge in [-0.25, -0.2) is 0 Å². The van der Waals surface area contributed by atoms with Gasteiger partial charge in [-0.15, -0.1) is 0 Å². The van der Waals surface area contributed by atoms with Crippen LogP contribution in [0.4, 0.5) is 0 Å². The van der Waals surface area contributed by atoms with E-state index in [9.17, 15) is 0 Å². The molecule has 1 aromatic carbocycles. The Labute approximate surface area is 126 Å². The summed E-state index contributed by atoms with van der Waals surface area (Å²) in [5.41, 5.74) is 1.71. The second kappa shape index (κ2) is 5.04. The average molecular weight is 477 g/mol. The maximum atomic E-state index is 4.44. The van der Waals surface area contributed by atoms with Crippen molar-refractivity contribution in [1.82, 2.24) is 15.0 Å². The first kappa shape index (κ1) is 13.0. The summed E-state index contributed by atoms with van der Waals surface area (Å²) >= 11 is 14.0. The molecule has 1 heterocycles. The van der Waals surface area contributed by atoms with Crippen LogP contribution in [-0.2, 0) is 6.54 Å². The van der Waals surface area contributed by atoms with E-state index in [1.54, 1.807) is 4.80 Å². The molecule has 1 aromatic heterocycles. The molecule has 0 aliphatic carbocycles. The summed E-state index contributed by atoms with van der Waals surface area (Å²) in [7, 11) is 0. The third-order valence-corrected chi connectivity index (χ3v) is 6.80. The van der Waals surface area contributed by atoms with Crippen molar-refractivity contribution in [3.63, 3.8) is 0 Å². The summed E-state index contributed by atoms with van der Waals surface area (Å²) < 4.78 is 3.71. The van der Waals surface area contributed by atoms with Crippen molar-refractivity contribution in [2.45, 2.75) is 19.9 Å². The van der Waals surface area contributed by atoms with E-state index in [0.29, 0.717) is 0 Å². The highest BCUT2D eigenvalue weighted by atomic mass is 79.9. The van der Waals surface area contributed by atoms with Gasteiger partial charge in [0.2, 0.25) is 0 Å². The molecule has 0 bridgehead atoms. The summed E-state index contributed by atoms with van der Waals surface area (Å²) in [6.07, 6.45) is 1.01. The summed E-state index contributed by atoms with van der Waals surface area (Å²) in [6, 6.07) is 0. The average Bonchev–Trinajstić information content (AvgIpc) is 2.68. The van der Waals surface area contributed by atoms with Crippen molar-refractivity contribution in [3.8, 4) is 0 Å². The molecule has 0 spiro atoms. The molecule has 7 heteroatoms. The molecule has 0 radical (unpaired) electrons. The Kier molecular flexibility index (Phi) is 4.09. The number of halogens is 4. The van der Waals surface area contributed by atoms with E-state index in [1.165, 1.54) is 0 Å². The Morgan fingerprint density at radius 1 is 0.875 bits per heavy atom. The van der Waals surface area contributed by atoms with Crippen LogP contribution < -0.4 is 0 Å². The molecule has 2 rings (SSSR count). The van der Waals surface area contributed by atoms with Crippen molar-refractivity contribution < 1.29 is 0 Å². The van der Waals surface area contributed by atoms with E-state index < -0.39 is 0 Å². The topological polar surface area (TPSA) is 30.7 Å². The van der Waals surface area contributed by atoms with Gasteiger partial charge in [0, 0.05) is 8.95 Å². The maximum absolute atomic E-state index is 4.44. The van der Waals surface area contributed by atoms with Gasteiger partial charge in [0.15, 0.2) is 0 Å². The Balaban J connectivity index is 2.76. The molecule has 0 fully saturated rings. The van der Waals surface area contributed by atoms with E-state index in [0.717, 1.165) is 41.9 Å². The zero-order valence-corrected chi connectivity index (χ0v) is 14.6. The van der Waals surface area contributed by atoms with Crippen LogP contribution in [0.25, 0.3) is 11.0 Å². The molecule has 86 valence electrons. The fourth-order valence-electron chi connectivity index (χ4n) is 1.34. The van der Waals surface area contributed by atoms with Crippen LogP contribution in [0.5, 0.6) is 0 Å². The number of rotatable bonds is 2. The first-order valence-corrected chi connectivity index (χ1v) is 7.80. The fraction of sp³-hybridized carbons (Fsp3) is 0.333. The third-order valence-electron chi connectivity index (χ3n) is 2.07. The monoisotopic (exact) mass is 473 g/mol. The van der Waals surface area contributed by atoms with Gasteiger partial charge in [-0.1, -0.05) is 6.92 Å². The number of fused-ring (bicyclic) bond motifs is 1. The Bertz CT molecular complexity index is 504. The molecule has 0 amide bonds. The Morgan fingerprint density at radius 2 is 1.31 bits per heavy atom. The largest absolute Gasteiger partial charge is 0.184 e. The van der Waals surface area contributed by atoms with Gasteiger partial charge >= 0.3 is 0 Å². The van der Waals surface area contributed by atoms with E-state index >= 15 is 0 Å². The van der Waals surface area contributed by atoms with Crippen LogP contribution in [0.1, 0.15) is 13.3 Å². The lowest BCUT2D eigenvalue weighted by molar-refractivity contribution is 0.535. The Hall–Kier alpha value is 0.540.